The van der Waals surface area contributed by atoms with Gasteiger partial charge in [-0.3, -0.25) is 9.69 Å². The minimum absolute atomic E-state index is 0.0378. The van der Waals surface area contributed by atoms with Gasteiger partial charge in [-0.05, 0) is 12.1 Å². The highest BCUT2D eigenvalue weighted by atomic mass is 35.5. The van der Waals surface area contributed by atoms with Crippen LogP contribution in [0.25, 0.3) is 10.9 Å². The summed E-state index contributed by atoms with van der Waals surface area (Å²) in [6.45, 7) is 2.47. The molecule has 1 aliphatic rings. The zero-order valence-corrected chi connectivity index (χ0v) is 12.3. The zero-order valence-electron chi connectivity index (χ0n) is 11.5. The molecule has 0 aliphatic carbocycles. The van der Waals surface area contributed by atoms with Gasteiger partial charge in [-0.25, -0.2) is 0 Å². The normalized spacial score (nSPS) is 20.0. The van der Waals surface area contributed by atoms with Gasteiger partial charge in [0.1, 0.15) is 0 Å². The standard InChI is InChI=1S/C15H17ClN2O3/c16-13-3-1-2-12-14(20)6-10(17-15(12)13)7-18-4-5-21-9-11(18)8-19/h1-3,6,11,19H,4-5,7-9H2,(H,17,20)/t11-/m1/s1. The molecule has 1 aromatic carbocycles. The molecule has 1 aliphatic heterocycles. The summed E-state index contributed by atoms with van der Waals surface area (Å²) in [7, 11) is 0. The monoisotopic (exact) mass is 308 g/mol. The third-order valence-corrected chi connectivity index (χ3v) is 4.12. The van der Waals surface area contributed by atoms with Crippen LogP contribution in [0.15, 0.2) is 29.1 Å². The lowest BCUT2D eigenvalue weighted by molar-refractivity contribution is -0.0317. The van der Waals surface area contributed by atoms with Gasteiger partial charge in [-0.1, -0.05) is 17.7 Å². The van der Waals surface area contributed by atoms with Crippen LogP contribution in [0.4, 0.5) is 0 Å². The molecule has 1 fully saturated rings. The number of hydrogen-bond donors (Lipinski definition) is 2. The van der Waals surface area contributed by atoms with Crippen LogP contribution in [-0.2, 0) is 11.3 Å². The number of nitrogens with zero attached hydrogens (tertiary/aromatic N) is 1. The van der Waals surface area contributed by atoms with Crippen molar-refractivity contribution >= 4 is 22.5 Å². The van der Waals surface area contributed by atoms with Crippen LogP contribution in [0, 0.1) is 0 Å². The Morgan fingerprint density at radius 3 is 3.14 bits per heavy atom. The summed E-state index contributed by atoms with van der Waals surface area (Å²) >= 11 is 6.16. The van der Waals surface area contributed by atoms with E-state index in [0.717, 1.165) is 12.2 Å². The second-order valence-corrected chi connectivity index (χ2v) is 5.61. The molecular formula is C15H17ClN2O3. The highest BCUT2D eigenvalue weighted by Crippen LogP contribution is 2.20. The Labute approximate surface area is 127 Å². The zero-order chi connectivity index (χ0) is 14.8. The number of fused-ring (bicyclic) bond motifs is 1. The molecule has 2 aromatic rings. The van der Waals surface area contributed by atoms with E-state index in [4.69, 9.17) is 16.3 Å². The number of morpholine rings is 1. The number of rotatable bonds is 3. The molecule has 0 bridgehead atoms. The Balaban J connectivity index is 1.94. The Morgan fingerprint density at radius 2 is 2.33 bits per heavy atom. The van der Waals surface area contributed by atoms with Crippen molar-refractivity contribution in [3.63, 3.8) is 0 Å². The predicted octanol–water partition coefficient (Wildman–Crippen LogP) is 1.37. The number of aromatic nitrogens is 1. The molecule has 2 heterocycles. The van der Waals surface area contributed by atoms with Gasteiger partial charge in [0, 0.05) is 30.2 Å². The molecule has 0 saturated carbocycles. The molecule has 1 saturated heterocycles. The first-order chi connectivity index (χ1) is 10.2. The van der Waals surface area contributed by atoms with E-state index in [-0.39, 0.29) is 18.1 Å². The number of benzene rings is 1. The van der Waals surface area contributed by atoms with Gasteiger partial charge < -0.3 is 14.8 Å². The summed E-state index contributed by atoms with van der Waals surface area (Å²) in [5.41, 5.74) is 1.41. The third kappa shape index (κ3) is 2.96. The summed E-state index contributed by atoms with van der Waals surface area (Å²) < 4.78 is 5.36. The van der Waals surface area contributed by atoms with Crippen molar-refractivity contribution in [1.82, 2.24) is 9.88 Å². The SMILES string of the molecule is O=c1cc(CN2CCOC[C@H]2CO)[nH]c2c(Cl)cccc12. The van der Waals surface area contributed by atoms with Crippen molar-refractivity contribution < 1.29 is 9.84 Å². The van der Waals surface area contributed by atoms with Gasteiger partial charge >= 0.3 is 0 Å². The van der Waals surface area contributed by atoms with E-state index in [0.29, 0.717) is 35.7 Å². The van der Waals surface area contributed by atoms with Crippen molar-refractivity contribution in [2.75, 3.05) is 26.4 Å². The molecule has 2 N–H and O–H groups in total. The first-order valence-electron chi connectivity index (χ1n) is 6.92. The minimum atomic E-state index is -0.0462. The fourth-order valence-electron chi connectivity index (χ4n) is 2.66. The number of halogens is 1. The number of aliphatic hydroxyl groups excluding tert-OH is 1. The van der Waals surface area contributed by atoms with Gasteiger partial charge in [0.25, 0.3) is 0 Å². The van der Waals surface area contributed by atoms with E-state index in [1.165, 1.54) is 0 Å². The van der Waals surface area contributed by atoms with Gasteiger partial charge in [0.05, 0.1) is 36.4 Å². The van der Waals surface area contributed by atoms with E-state index in [9.17, 15) is 9.90 Å². The first kappa shape index (κ1) is 14.5. The summed E-state index contributed by atoms with van der Waals surface area (Å²) in [4.78, 5) is 17.5. The molecule has 0 unspecified atom stereocenters. The molecule has 112 valence electrons. The van der Waals surface area contributed by atoms with Crippen molar-refractivity contribution in [1.29, 1.82) is 0 Å². The van der Waals surface area contributed by atoms with Crippen LogP contribution in [0.3, 0.4) is 0 Å². The Bertz CT molecular complexity index is 701. The number of para-hydroxylation sites is 1. The average Bonchev–Trinajstić information content (AvgIpc) is 2.49. The largest absolute Gasteiger partial charge is 0.395 e. The fraction of sp³-hybridized carbons (Fsp3) is 0.400. The number of pyridine rings is 1. The van der Waals surface area contributed by atoms with Crippen molar-refractivity contribution in [3.05, 3.63) is 45.2 Å². The van der Waals surface area contributed by atoms with Crippen LogP contribution < -0.4 is 5.43 Å². The van der Waals surface area contributed by atoms with Crippen LogP contribution >= 0.6 is 11.6 Å². The maximum Gasteiger partial charge on any atom is 0.189 e. The molecule has 0 spiro atoms. The molecule has 21 heavy (non-hydrogen) atoms. The van der Waals surface area contributed by atoms with Crippen molar-refractivity contribution in [3.8, 4) is 0 Å². The molecule has 0 amide bonds. The number of aromatic amines is 1. The van der Waals surface area contributed by atoms with Crippen LogP contribution in [0.5, 0.6) is 0 Å². The highest BCUT2D eigenvalue weighted by Gasteiger charge is 2.22. The number of nitrogens with one attached hydrogen (secondary N) is 1. The topological polar surface area (TPSA) is 65.6 Å². The molecule has 0 radical (unpaired) electrons. The Hall–Kier alpha value is -1.40. The number of ether oxygens (including phenoxy) is 1. The van der Waals surface area contributed by atoms with Crippen LogP contribution in [0.1, 0.15) is 5.69 Å². The van der Waals surface area contributed by atoms with Crippen molar-refractivity contribution in [2.24, 2.45) is 0 Å². The van der Waals surface area contributed by atoms with E-state index in [1.54, 1.807) is 24.3 Å². The van der Waals surface area contributed by atoms with Gasteiger partial charge in [0.2, 0.25) is 0 Å². The average molecular weight is 309 g/mol. The molecule has 6 heteroatoms. The lowest BCUT2D eigenvalue weighted by Gasteiger charge is -2.34. The Kier molecular flexibility index (Phi) is 4.26. The van der Waals surface area contributed by atoms with Crippen molar-refractivity contribution in [2.45, 2.75) is 12.6 Å². The van der Waals surface area contributed by atoms with Gasteiger partial charge in [-0.2, -0.15) is 0 Å². The number of H-pyrrole nitrogens is 1. The summed E-state index contributed by atoms with van der Waals surface area (Å²) in [6.07, 6.45) is 0. The molecule has 5 nitrogen and oxygen atoms in total. The molecule has 1 aromatic heterocycles. The van der Waals surface area contributed by atoms with Gasteiger partial charge in [0.15, 0.2) is 5.43 Å². The van der Waals surface area contributed by atoms with Gasteiger partial charge in [-0.15, -0.1) is 0 Å². The smallest absolute Gasteiger partial charge is 0.189 e. The number of hydrogen-bond acceptors (Lipinski definition) is 4. The Morgan fingerprint density at radius 1 is 1.48 bits per heavy atom. The second-order valence-electron chi connectivity index (χ2n) is 5.20. The van der Waals surface area contributed by atoms with Crippen LogP contribution in [-0.4, -0.2) is 47.4 Å². The van der Waals surface area contributed by atoms with Crippen LogP contribution in [0.2, 0.25) is 5.02 Å². The van der Waals surface area contributed by atoms with E-state index >= 15 is 0 Å². The lowest BCUT2D eigenvalue weighted by atomic mass is 10.1. The fourth-order valence-corrected chi connectivity index (χ4v) is 2.88. The van der Waals surface area contributed by atoms with E-state index < -0.39 is 0 Å². The van der Waals surface area contributed by atoms with E-state index in [1.807, 2.05) is 0 Å². The quantitative estimate of drug-likeness (QED) is 0.899. The number of aliphatic hydroxyl groups is 1. The summed E-state index contributed by atoms with van der Waals surface area (Å²) in [5, 5.41) is 10.5. The highest BCUT2D eigenvalue weighted by molar-refractivity contribution is 6.35. The maximum absolute atomic E-state index is 12.2. The molecule has 3 rings (SSSR count). The second kappa shape index (κ2) is 6.15. The third-order valence-electron chi connectivity index (χ3n) is 3.80. The summed E-state index contributed by atoms with van der Waals surface area (Å²) in [5.74, 6) is 0. The lowest BCUT2D eigenvalue weighted by Crippen LogP contribution is -2.47. The maximum atomic E-state index is 12.2. The van der Waals surface area contributed by atoms with E-state index in [2.05, 4.69) is 9.88 Å². The molecular weight excluding hydrogens is 292 g/mol. The minimum Gasteiger partial charge on any atom is -0.395 e. The first-order valence-corrected chi connectivity index (χ1v) is 7.30. The summed E-state index contributed by atoms with van der Waals surface area (Å²) in [6, 6.07) is 6.85. The predicted molar refractivity (Wildman–Crippen MR) is 81.7 cm³/mol. The molecule has 1 atom stereocenters.